The van der Waals surface area contributed by atoms with Gasteiger partial charge in [-0.05, 0) is 30.9 Å². The van der Waals surface area contributed by atoms with Crippen LogP contribution >= 0.6 is 0 Å². The standard InChI is InChI=1S/C16H23NO/c1-3-13-9-11-17(12-10-13)15-8-6-5-7-14(15)16(18)4-2/h5-8,13H,3-4,9-12H2,1-2H3. The zero-order valence-corrected chi connectivity index (χ0v) is 11.5. The van der Waals surface area contributed by atoms with Gasteiger partial charge in [-0.1, -0.05) is 32.4 Å². The number of benzene rings is 1. The summed E-state index contributed by atoms with van der Waals surface area (Å²) in [6.07, 6.45) is 4.38. The lowest BCUT2D eigenvalue weighted by Crippen LogP contribution is -2.34. The fourth-order valence-electron chi connectivity index (χ4n) is 2.76. The lowest BCUT2D eigenvalue weighted by atomic mass is 9.93. The first-order valence-electron chi connectivity index (χ1n) is 7.13. The third-order valence-electron chi connectivity index (χ3n) is 4.06. The lowest BCUT2D eigenvalue weighted by molar-refractivity contribution is 0.0988. The molecule has 0 unspecified atom stereocenters. The Morgan fingerprint density at radius 1 is 1.22 bits per heavy atom. The van der Waals surface area contributed by atoms with Crippen LogP contribution in [0, 0.1) is 5.92 Å². The van der Waals surface area contributed by atoms with E-state index in [1.165, 1.54) is 19.3 Å². The molecule has 18 heavy (non-hydrogen) atoms. The average Bonchev–Trinajstić information content (AvgIpc) is 2.46. The smallest absolute Gasteiger partial charge is 0.164 e. The second-order valence-corrected chi connectivity index (χ2v) is 5.13. The van der Waals surface area contributed by atoms with Crippen LogP contribution in [-0.2, 0) is 0 Å². The SMILES string of the molecule is CCC(=O)c1ccccc1N1CCC(CC)CC1. The fraction of sp³-hybridized carbons (Fsp3) is 0.562. The van der Waals surface area contributed by atoms with E-state index in [9.17, 15) is 4.79 Å². The Hall–Kier alpha value is -1.31. The molecule has 0 amide bonds. The first kappa shape index (κ1) is 13.1. The van der Waals surface area contributed by atoms with Crippen LogP contribution in [0.2, 0.25) is 0 Å². The zero-order chi connectivity index (χ0) is 13.0. The molecule has 1 aliphatic rings. The number of hydrogen-bond acceptors (Lipinski definition) is 2. The molecule has 1 aromatic rings. The minimum atomic E-state index is 0.253. The van der Waals surface area contributed by atoms with Crippen LogP contribution in [0.15, 0.2) is 24.3 Å². The van der Waals surface area contributed by atoms with Gasteiger partial charge in [-0.3, -0.25) is 4.79 Å². The number of ketones is 1. The highest BCUT2D eigenvalue weighted by Gasteiger charge is 2.21. The highest BCUT2D eigenvalue weighted by Crippen LogP contribution is 2.28. The molecule has 1 saturated heterocycles. The molecule has 2 rings (SSSR count). The molecule has 2 heteroatoms. The molecule has 1 aromatic carbocycles. The second kappa shape index (κ2) is 6.03. The van der Waals surface area contributed by atoms with Gasteiger partial charge in [0.05, 0.1) is 0 Å². The number of hydrogen-bond donors (Lipinski definition) is 0. The number of piperidine rings is 1. The normalized spacial score (nSPS) is 16.9. The van der Waals surface area contributed by atoms with Crippen LogP contribution in [0.3, 0.4) is 0 Å². The van der Waals surface area contributed by atoms with Crippen LogP contribution in [0.1, 0.15) is 49.9 Å². The van der Waals surface area contributed by atoms with Crippen LogP contribution in [0.4, 0.5) is 5.69 Å². The predicted molar refractivity (Wildman–Crippen MR) is 76.3 cm³/mol. The number of rotatable bonds is 4. The van der Waals surface area contributed by atoms with Gasteiger partial charge in [0.1, 0.15) is 0 Å². The Kier molecular flexibility index (Phi) is 4.40. The van der Waals surface area contributed by atoms with Gasteiger partial charge in [0.25, 0.3) is 0 Å². The van der Waals surface area contributed by atoms with Crippen molar-refractivity contribution in [3.05, 3.63) is 29.8 Å². The Morgan fingerprint density at radius 2 is 1.89 bits per heavy atom. The van der Waals surface area contributed by atoms with Gasteiger partial charge in [0, 0.05) is 30.8 Å². The number of para-hydroxylation sites is 1. The lowest BCUT2D eigenvalue weighted by Gasteiger charge is -2.34. The van der Waals surface area contributed by atoms with E-state index >= 15 is 0 Å². The summed E-state index contributed by atoms with van der Waals surface area (Å²) in [7, 11) is 0. The molecule has 1 fully saturated rings. The van der Waals surface area contributed by atoms with Gasteiger partial charge >= 0.3 is 0 Å². The molecule has 0 radical (unpaired) electrons. The fourth-order valence-corrected chi connectivity index (χ4v) is 2.76. The van der Waals surface area contributed by atoms with Crippen LogP contribution in [0.25, 0.3) is 0 Å². The summed E-state index contributed by atoms with van der Waals surface area (Å²) in [5, 5.41) is 0. The average molecular weight is 245 g/mol. The molecule has 0 atom stereocenters. The maximum absolute atomic E-state index is 12.0. The predicted octanol–water partition coefficient (Wildman–Crippen LogP) is 3.91. The first-order valence-corrected chi connectivity index (χ1v) is 7.13. The Bertz CT molecular complexity index is 405. The van der Waals surface area contributed by atoms with Gasteiger partial charge in [0.15, 0.2) is 5.78 Å². The molecular weight excluding hydrogens is 222 g/mol. The van der Waals surface area contributed by atoms with E-state index in [-0.39, 0.29) is 5.78 Å². The van der Waals surface area contributed by atoms with E-state index in [2.05, 4.69) is 17.9 Å². The van der Waals surface area contributed by atoms with Crippen molar-refractivity contribution in [3.8, 4) is 0 Å². The molecule has 0 N–H and O–H groups in total. The first-order chi connectivity index (χ1) is 8.76. The number of carbonyl (C=O) groups is 1. The van der Waals surface area contributed by atoms with Gasteiger partial charge in [-0.15, -0.1) is 0 Å². The van der Waals surface area contributed by atoms with Crippen molar-refractivity contribution in [3.63, 3.8) is 0 Å². The summed E-state index contributed by atoms with van der Waals surface area (Å²) in [4.78, 5) is 14.4. The van der Waals surface area contributed by atoms with E-state index in [0.29, 0.717) is 6.42 Å². The minimum Gasteiger partial charge on any atom is -0.371 e. The highest BCUT2D eigenvalue weighted by molar-refractivity contribution is 6.01. The minimum absolute atomic E-state index is 0.253. The second-order valence-electron chi connectivity index (χ2n) is 5.13. The van der Waals surface area contributed by atoms with E-state index < -0.39 is 0 Å². The molecule has 1 heterocycles. The van der Waals surface area contributed by atoms with E-state index in [1.54, 1.807) is 0 Å². The van der Waals surface area contributed by atoms with Crippen molar-refractivity contribution in [1.82, 2.24) is 0 Å². The Morgan fingerprint density at radius 3 is 2.50 bits per heavy atom. The summed E-state index contributed by atoms with van der Waals surface area (Å²) < 4.78 is 0. The van der Waals surface area contributed by atoms with E-state index in [4.69, 9.17) is 0 Å². The third kappa shape index (κ3) is 2.74. The number of nitrogens with zero attached hydrogens (tertiary/aromatic N) is 1. The monoisotopic (exact) mass is 245 g/mol. The molecule has 0 spiro atoms. The van der Waals surface area contributed by atoms with Crippen molar-refractivity contribution in [2.24, 2.45) is 5.92 Å². The highest BCUT2D eigenvalue weighted by atomic mass is 16.1. The summed E-state index contributed by atoms with van der Waals surface area (Å²) >= 11 is 0. The Balaban J connectivity index is 2.16. The van der Waals surface area contributed by atoms with E-state index in [1.807, 2.05) is 25.1 Å². The summed E-state index contributed by atoms with van der Waals surface area (Å²) in [6, 6.07) is 8.06. The molecule has 0 aliphatic carbocycles. The van der Waals surface area contributed by atoms with Gasteiger partial charge in [0.2, 0.25) is 0 Å². The largest absolute Gasteiger partial charge is 0.371 e. The van der Waals surface area contributed by atoms with Crippen molar-refractivity contribution in [2.75, 3.05) is 18.0 Å². The third-order valence-corrected chi connectivity index (χ3v) is 4.06. The summed E-state index contributed by atoms with van der Waals surface area (Å²) in [6.45, 7) is 6.39. The maximum atomic E-state index is 12.0. The quantitative estimate of drug-likeness (QED) is 0.750. The molecule has 0 saturated carbocycles. The maximum Gasteiger partial charge on any atom is 0.164 e. The summed E-state index contributed by atoms with van der Waals surface area (Å²) in [5.74, 6) is 1.12. The van der Waals surface area contributed by atoms with Crippen LogP contribution in [-0.4, -0.2) is 18.9 Å². The van der Waals surface area contributed by atoms with Gasteiger partial charge in [-0.2, -0.15) is 0 Å². The van der Waals surface area contributed by atoms with E-state index in [0.717, 1.165) is 30.3 Å². The molecule has 1 aliphatic heterocycles. The molecule has 0 bridgehead atoms. The number of carbonyl (C=O) groups excluding carboxylic acids is 1. The molecule has 2 nitrogen and oxygen atoms in total. The van der Waals surface area contributed by atoms with Gasteiger partial charge in [-0.25, -0.2) is 0 Å². The van der Waals surface area contributed by atoms with Crippen molar-refractivity contribution in [2.45, 2.75) is 39.5 Å². The summed E-state index contributed by atoms with van der Waals surface area (Å²) in [5.41, 5.74) is 2.04. The van der Waals surface area contributed by atoms with Gasteiger partial charge < -0.3 is 4.90 Å². The number of anilines is 1. The van der Waals surface area contributed by atoms with Crippen molar-refractivity contribution < 1.29 is 4.79 Å². The number of Topliss-reactive ketones (excluding diaryl/α,β-unsaturated/α-hetero) is 1. The van der Waals surface area contributed by atoms with Crippen LogP contribution in [0.5, 0.6) is 0 Å². The van der Waals surface area contributed by atoms with Crippen molar-refractivity contribution in [1.29, 1.82) is 0 Å². The zero-order valence-electron chi connectivity index (χ0n) is 11.5. The molecule has 98 valence electrons. The Labute approximate surface area is 110 Å². The van der Waals surface area contributed by atoms with Crippen molar-refractivity contribution >= 4 is 11.5 Å². The topological polar surface area (TPSA) is 20.3 Å². The molecular formula is C16H23NO. The molecule has 0 aromatic heterocycles. The van der Waals surface area contributed by atoms with Crippen LogP contribution < -0.4 is 4.90 Å².